The highest BCUT2D eigenvalue weighted by Gasteiger charge is 2.06. The first kappa shape index (κ1) is 25.8. The van der Waals surface area contributed by atoms with E-state index in [9.17, 15) is 10.2 Å². The van der Waals surface area contributed by atoms with Crippen molar-refractivity contribution < 1.29 is 19.7 Å². The van der Waals surface area contributed by atoms with Gasteiger partial charge in [0, 0.05) is 36.3 Å². The van der Waals surface area contributed by atoms with Gasteiger partial charge < -0.3 is 19.7 Å². The Kier molecular flexibility index (Phi) is 12.4. The van der Waals surface area contributed by atoms with Crippen molar-refractivity contribution in [2.45, 2.75) is 78.3 Å². The van der Waals surface area contributed by atoms with Crippen molar-refractivity contribution in [2.24, 2.45) is 0 Å². The summed E-state index contributed by atoms with van der Waals surface area (Å²) in [6, 6.07) is 10.8. The van der Waals surface area contributed by atoms with Gasteiger partial charge >= 0.3 is 0 Å². The SMILES string of the molecule is CCCCCCOc1ccc(CNNCc2ccc(OCCCCCC)cc2O)c(O)c1. The van der Waals surface area contributed by atoms with Gasteiger partial charge in [-0.15, -0.1) is 0 Å². The van der Waals surface area contributed by atoms with Gasteiger partial charge in [-0.05, 0) is 25.0 Å². The molecule has 0 bridgehead atoms. The van der Waals surface area contributed by atoms with Crippen LogP contribution in [0.5, 0.6) is 23.0 Å². The van der Waals surface area contributed by atoms with Gasteiger partial charge in [0.2, 0.25) is 0 Å². The number of hydrogen-bond donors (Lipinski definition) is 4. The van der Waals surface area contributed by atoms with Crippen molar-refractivity contribution in [1.29, 1.82) is 0 Å². The maximum absolute atomic E-state index is 10.2. The smallest absolute Gasteiger partial charge is 0.123 e. The highest BCUT2D eigenvalue weighted by atomic mass is 16.5. The summed E-state index contributed by atoms with van der Waals surface area (Å²) in [6.07, 6.45) is 9.24. The van der Waals surface area contributed by atoms with E-state index in [4.69, 9.17) is 9.47 Å². The minimum absolute atomic E-state index is 0.202. The minimum atomic E-state index is 0.202. The first-order valence-electron chi connectivity index (χ1n) is 12.0. The third kappa shape index (κ3) is 9.79. The molecule has 2 rings (SSSR count). The molecule has 0 spiro atoms. The Morgan fingerprint density at radius 1 is 0.625 bits per heavy atom. The van der Waals surface area contributed by atoms with Crippen molar-refractivity contribution in [3.8, 4) is 23.0 Å². The molecule has 0 heterocycles. The van der Waals surface area contributed by atoms with Crippen LogP contribution in [-0.4, -0.2) is 23.4 Å². The fourth-order valence-corrected chi connectivity index (χ4v) is 3.32. The number of unbranched alkanes of at least 4 members (excludes halogenated alkanes) is 6. The van der Waals surface area contributed by atoms with E-state index in [1.165, 1.54) is 38.5 Å². The molecule has 0 aliphatic heterocycles. The van der Waals surface area contributed by atoms with E-state index in [0.717, 1.165) is 24.0 Å². The molecule has 32 heavy (non-hydrogen) atoms. The van der Waals surface area contributed by atoms with E-state index >= 15 is 0 Å². The van der Waals surface area contributed by atoms with Crippen LogP contribution in [0.4, 0.5) is 0 Å². The van der Waals surface area contributed by atoms with Crippen LogP contribution in [-0.2, 0) is 13.1 Å². The number of aromatic hydroxyl groups is 2. The van der Waals surface area contributed by atoms with E-state index in [-0.39, 0.29) is 11.5 Å². The van der Waals surface area contributed by atoms with E-state index in [1.807, 2.05) is 24.3 Å². The van der Waals surface area contributed by atoms with Crippen LogP contribution in [0.1, 0.15) is 76.3 Å². The standard InChI is InChI=1S/C26H40N2O4/c1-3-5-7-9-15-31-23-13-11-21(25(29)17-23)19-27-28-20-22-12-14-24(18-26(22)30)32-16-10-8-6-4-2/h11-14,17-18,27-30H,3-10,15-16,19-20H2,1-2H3. The first-order valence-corrected chi connectivity index (χ1v) is 12.0. The van der Waals surface area contributed by atoms with Gasteiger partial charge in [0.1, 0.15) is 23.0 Å². The molecule has 178 valence electrons. The molecule has 0 aliphatic carbocycles. The van der Waals surface area contributed by atoms with E-state index in [0.29, 0.717) is 37.8 Å². The molecule has 0 atom stereocenters. The topological polar surface area (TPSA) is 83.0 Å². The minimum Gasteiger partial charge on any atom is -0.507 e. The van der Waals surface area contributed by atoms with Crippen molar-refractivity contribution >= 4 is 0 Å². The lowest BCUT2D eigenvalue weighted by Crippen LogP contribution is -2.30. The molecule has 4 N–H and O–H groups in total. The van der Waals surface area contributed by atoms with Crippen LogP contribution in [0.2, 0.25) is 0 Å². The van der Waals surface area contributed by atoms with Gasteiger partial charge in [-0.3, -0.25) is 10.9 Å². The number of hydrogen-bond acceptors (Lipinski definition) is 6. The van der Waals surface area contributed by atoms with E-state index in [1.54, 1.807) is 12.1 Å². The molecule has 0 aliphatic rings. The quantitative estimate of drug-likeness (QED) is 0.182. The molecule has 0 aromatic heterocycles. The molecule has 0 saturated carbocycles. The second-order valence-corrected chi connectivity index (χ2v) is 8.11. The molecule has 2 aromatic rings. The summed E-state index contributed by atoms with van der Waals surface area (Å²) in [5.41, 5.74) is 7.70. The lowest BCUT2D eigenvalue weighted by Gasteiger charge is -2.12. The number of rotatable bonds is 17. The Hall–Kier alpha value is -2.44. The average molecular weight is 445 g/mol. The van der Waals surface area contributed by atoms with Crippen molar-refractivity contribution in [3.63, 3.8) is 0 Å². The zero-order valence-electron chi connectivity index (χ0n) is 19.7. The predicted octanol–water partition coefficient (Wildman–Crippen LogP) is 5.81. The first-order chi connectivity index (χ1) is 15.6. The number of hydrazine groups is 1. The molecular weight excluding hydrogens is 404 g/mol. The van der Waals surface area contributed by atoms with Crippen molar-refractivity contribution in [2.75, 3.05) is 13.2 Å². The monoisotopic (exact) mass is 444 g/mol. The molecule has 0 saturated heterocycles. The maximum atomic E-state index is 10.2. The Morgan fingerprint density at radius 2 is 1.06 bits per heavy atom. The molecule has 0 radical (unpaired) electrons. The van der Waals surface area contributed by atoms with Crippen LogP contribution in [0.15, 0.2) is 36.4 Å². The molecule has 2 aromatic carbocycles. The summed E-state index contributed by atoms with van der Waals surface area (Å²) in [5, 5.41) is 20.5. The predicted molar refractivity (Wildman–Crippen MR) is 129 cm³/mol. The Labute approximate surface area is 192 Å². The Balaban J connectivity index is 1.69. The summed E-state index contributed by atoms with van der Waals surface area (Å²) in [5.74, 6) is 1.78. The van der Waals surface area contributed by atoms with Crippen LogP contribution in [0.3, 0.4) is 0 Å². The lowest BCUT2D eigenvalue weighted by molar-refractivity contribution is 0.302. The highest BCUT2D eigenvalue weighted by molar-refractivity contribution is 5.40. The lowest BCUT2D eigenvalue weighted by atomic mass is 10.2. The van der Waals surface area contributed by atoms with Crippen LogP contribution in [0.25, 0.3) is 0 Å². The zero-order valence-corrected chi connectivity index (χ0v) is 19.7. The summed E-state index contributed by atoms with van der Waals surface area (Å²) < 4.78 is 11.4. The fraction of sp³-hybridized carbons (Fsp3) is 0.538. The van der Waals surface area contributed by atoms with Gasteiger partial charge in [0.25, 0.3) is 0 Å². The molecular formula is C26H40N2O4. The van der Waals surface area contributed by atoms with Gasteiger partial charge in [0.05, 0.1) is 13.2 Å². The van der Waals surface area contributed by atoms with Gasteiger partial charge in [-0.25, -0.2) is 0 Å². The van der Waals surface area contributed by atoms with Gasteiger partial charge in [0.15, 0.2) is 0 Å². The van der Waals surface area contributed by atoms with Crippen LogP contribution < -0.4 is 20.3 Å². The number of nitrogens with one attached hydrogen (secondary N) is 2. The third-order valence-electron chi connectivity index (χ3n) is 5.33. The summed E-state index contributed by atoms with van der Waals surface area (Å²) >= 11 is 0. The molecule has 0 unspecified atom stereocenters. The number of phenolic OH excluding ortho intramolecular Hbond substituents is 2. The Bertz CT molecular complexity index is 717. The van der Waals surface area contributed by atoms with Crippen molar-refractivity contribution in [1.82, 2.24) is 10.9 Å². The number of phenols is 2. The van der Waals surface area contributed by atoms with Crippen LogP contribution in [0, 0.1) is 0 Å². The largest absolute Gasteiger partial charge is 0.507 e. The zero-order chi connectivity index (χ0) is 23.0. The van der Waals surface area contributed by atoms with E-state index < -0.39 is 0 Å². The third-order valence-corrected chi connectivity index (χ3v) is 5.33. The van der Waals surface area contributed by atoms with Gasteiger partial charge in [-0.1, -0.05) is 64.5 Å². The van der Waals surface area contributed by atoms with Gasteiger partial charge in [-0.2, -0.15) is 0 Å². The fourth-order valence-electron chi connectivity index (χ4n) is 3.32. The average Bonchev–Trinajstić information content (AvgIpc) is 2.78. The second kappa shape index (κ2) is 15.4. The normalized spacial score (nSPS) is 10.9. The maximum Gasteiger partial charge on any atom is 0.123 e. The molecule has 0 fully saturated rings. The number of benzene rings is 2. The number of ether oxygens (including phenoxy) is 2. The summed E-state index contributed by atoms with van der Waals surface area (Å²) in [4.78, 5) is 0. The Morgan fingerprint density at radius 3 is 1.44 bits per heavy atom. The van der Waals surface area contributed by atoms with Crippen LogP contribution >= 0.6 is 0 Å². The summed E-state index contributed by atoms with van der Waals surface area (Å²) in [6.45, 7) is 6.61. The molecule has 6 heteroatoms. The van der Waals surface area contributed by atoms with E-state index in [2.05, 4.69) is 24.7 Å². The molecule has 0 amide bonds. The molecule has 6 nitrogen and oxygen atoms in total. The highest BCUT2D eigenvalue weighted by Crippen LogP contribution is 2.25. The second-order valence-electron chi connectivity index (χ2n) is 8.11. The van der Waals surface area contributed by atoms with Crippen molar-refractivity contribution in [3.05, 3.63) is 47.5 Å². The summed E-state index contributed by atoms with van der Waals surface area (Å²) in [7, 11) is 0.